The number of unbranched alkanes of at least 4 members (excludes halogenated alkanes) is 1. The molecule has 3 atom stereocenters. The van der Waals surface area contributed by atoms with E-state index in [0.717, 1.165) is 67.3 Å². The Balaban J connectivity index is 1.38. The topological polar surface area (TPSA) is 97.0 Å². The molecule has 0 spiro atoms. The maximum atomic E-state index is 13.6. The molecule has 2 aliphatic carbocycles. The van der Waals surface area contributed by atoms with Gasteiger partial charge in [-0.1, -0.05) is 68.7 Å². The van der Waals surface area contributed by atoms with Crippen molar-refractivity contribution in [3.63, 3.8) is 0 Å². The summed E-state index contributed by atoms with van der Waals surface area (Å²) in [5.41, 5.74) is 6.67. The van der Waals surface area contributed by atoms with E-state index in [1.165, 1.54) is 24.0 Å². The van der Waals surface area contributed by atoms with E-state index < -0.39 is 10.0 Å². The Kier molecular flexibility index (Phi) is 9.00. The Hall–Kier alpha value is -3.72. The number of ether oxygens (including phenoxy) is 2. The lowest BCUT2D eigenvalue weighted by Gasteiger charge is -2.59. The molecule has 3 aromatic rings. The number of nitrogens with zero attached hydrogens (tertiary/aromatic N) is 1. The first kappa shape index (κ1) is 31.3. The monoisotopic (exact) mass is 631 g/mol. The highest BCUT2D eigenvalue weighted by Crippen LogP contribution is 2.58. The third-order valence-electron chi connectivity index (χ3n) is 10.1. The van der Waals surface area contributed by atoms with Crippen molar-refractivity contribution in [3.05, 3.63) is 82.9 Å². The SMILES string of the molecule is CCCCOc1cc2c(c(C)c1Nc1ccccc1NS(C)(=O)=O)C[C@H]1[C@H]3CCCC[C@@]23CCN1C(=O)OCc1ccccc1. The molecule has 2 N–H and O–H groups in total. The second-order valence-corrected chi connectivity index (χ2v) is 14.7. The number of sulfonamides is 1. The number of piperidine rings is 1. The molecule has 0 radical (unpaired) electrons. The summed E-state index contributed by atoms with van der Waals surface area (Å²) in [6, 6.07) is 19.5. The van der Waals surface area contributed by atoms with Crippen molar-refractivity contribution in [2.45, 2.75) is 83.3 Å². The van der Waals surface area contributed by atoms with Gasteiger partial charge >= 0.3 is 6.09 Å². The van der Waals surface area contributed by atoms with Crippen LogP contribution in [0.1, 0.15) is 74.1 Å². The predicted molar refractivity (Wildman–Crippen MR) is 179 cm³/mol. The van der Waals surface area contributed by atoms with Gasteiger partial charge in [-0.3, -0.25) is 4.72 Å². The van der Waals surface area contributed by atoms with Gasteiger partial charge in [-0.15, -0.1) is 0 Å². The van der Waals surface area contributed by atoms with E-state index in [0.29, 0.717) is 30.4 Å². The number of benzene rings is 3. The van der Waals surface area contributed by atoms with E-state index in [1.54, 1.807) is 6.07 Å². The lowest BCUT2D eigenvalue weighted by molar-refractivity contribution is -0.0138. The van der Waals surface area contributed by atoms with E-state index in [2.05, 4.69) is 30.0 Å². The van der Waals surface area contributed by atoms with Gasteiger partial charge in [0.25, 0.3) is 0 Å². The molecule has 240 valence electrons. The lowest BCUT2D eigenvalue weighted by Crippen LogP contribution is -2.62. The lowest BCUT2D eigenvalue weighted by atomic mass is 9.52. The molecule has 2 fully saturated rings. The fourth-order valence-electron chi connectivity index (χ4n) is 7.95. The average Bonchev–Trinajstić information content (AvgIpc) is 3.03. The van der Waals surface area contributed by atoms with Crippen LogP contribution in [0.5, 0.6) is 5.75 Å². The summed E-state index contributed by atoms with van der Waals surface area (Å²) in [5.74, 6) is 1.17. The van der Waals surface area contributed by atoms with Gasteiger partial charge in [0, 0.05) is 18.0 Å². The summed E-state index contributed by atoms with van der Waals surface area (Å²) < 4.78 is 39.3. The number of hydrogen-bond donors (Lipinski definition) is 2. The summed E-state index contributed by atoms with van der Waals surface area (Å²) in [6.45, 7) is 5.84. The fourth-order valence-corrected chi connectivity index (χ4v) is 8.52. The van der Waals surface area contributed by atoms with Gasteiger partial charge in [0.2, 0.25) is 10.0 Å². The molecule has 6 rings (SSSR count). The van der Waals surface area contributed by atoms with Crippen molar-refractivity contribution in [2.24, 2.45) is 5.92 Å². The fraction of sp³-hybridized carbons (Fsp3) is 0.472. The standard InChI is InChI=1S/C36H45N3O5S/c1-4-5-21-43-33-23-29-27(25(2)34(33)37-30-16-9-10-17-31(30)38-45(3,41)42)22-32-28-15-11-12-18-36(28,29)19-20-39(32)35(40)44-24-26-13-7-6-8-14-26/h6-10,13-14,16-17,23,28,32,37-38H,4-5,11-12,15,18-22,24H2,1-3H3/t28-,32+,36+/m1/s1. The quantitative estimate of drug-likeness (QED) is 0.223. The molecule has 45 heavy (non-hydrogen) atoms. The smallest absolute Gasteiger partial charge is 0.410 e. The Morgan fingerprint density at radius 1 is 1.04 bits per heavy atom. The second kappa shape index (κ2) is 12.9. The third-order valence-corrected chi connectivity index (χ3v) is 10.7. The van der Waals surface area contributed by atoms with Crippen molar-refractivity contribution >= 4 is 33.2 Å². The predicted octanol–water partition coefficient (Wildman–Crippen LogP) is 7.68. The maximum absolute atomic E-state index is 13.6. The van der Waals surface area contributed by atoms with Crippen LogP contribution in [0, 0.1) is 12.8 Å². The van der Waals surface area contributed by atoms with Gasteiger partial charge in [0.15, 0.2) is 0 Å². The number of carbonyl (C=O) groups is 1. The highest BCUT2D eigenvalue weighted by Gasteiger charge is 2.55. The molecule has 9 heteroatoms. The Bertz CT molecular complexity index is 1640. The number of anilines is 3. The average molecular weight is 632 g/mol. The normalized spacial score (nSPS) is 22.2. The molecule has 8 nitrogen and oxygen atoms in total. The van der Waals surface area contributed by atoms with Crippen molar-refractivity contribution in [1.29, 1.82) is 0 Å². The van der Waals surface area contributed by atoms with Crippen LogP contribution in [0.25, 0.3) is 0 Å². The van der Waals surface area contributed by atoms with Gasteiger partial charge in [0.05, 0.1) is 29.9 Å². The summed E-state index contributed by atoms with van der Waals surface area (Å²) >= 11 is 0. The van der Waals surface area contributed by atoms with Crippen molar-refractivity contribution in [2.75, 3.05) is 29.4 Å². The summed E-state index contributed by atoms with van der Waals surface area (Å²) in [4.78, 5) is 15.6. The van der Waals surface area contributed by atoms with Crippen LogP contribution < -0.4 is 14.8 Å². The zero-order valence-electron chi connectivity index (χ0n) is 26.6. The molecular formula is C36H45N3O5S. The molecule has 3 aliphatic rings. The Labute approximate surface area is 267 Å². The van der Waals surface area contributed by atoms with Gasteiger partial charge in [-0.25, -0.2) is 13.2 Å². The molecule has 2 bridgehead atoms. The summed E-state index contributed by atoms with van der Waals surface area (Å²) in [7, 11) is -3.48. The van der Waals surface area contributed by atoms with Crippen LogP contribution in [-0.4, -0.2) is 44.9 Å². The molecule has 3 aromatic carbocycles. The Morgan fingerprint density at radius 3 is 2.56 bits per heavy atom. The van der Waals surface area contributed by atoms with Gasteiger partial charge < -0.3 is 19.7 Å². The zero-order chi connectivity index (χ0) is 31.6. The van der Waals surface area contributed by atoms with E-state index in [9.17, 15) is 13.2 Å². The molecule has 1 heterocycles. The molecule has 1 saturated carbocycles. The second-order valence-electron chi connectivity index (χ2n) is 12.9. The van der Waals surface area contributed by atoms with Gasteiger partial charge in [-0.05, 0) is 85.4 Å². The van der Waals surface area contributed by atoms with Crippen LogP contribution in [0.3, 0.4) is 0 Å². The van der Waals surface area contributed by atoms with E-state index >= 15 is 0 Å². The molecule has 0 unspecified atom stereocenters. The number of nitrogens with one attached hydrogen (secondary N) is 2. The number of likely N-dealkylation sites (tertiary alicyclic amines) is 1. The highest BCUT2D eigenvalue weighted by molar-refractivity contribution is 7.92. The highest BCUT2D eigenvalue weighted by atomic mass is 32.2. The number of rotatable bonds is 10. The number of hydrogen-bond acceptors (Lipinski definition) is 6. The molecule has 1 aliphatic heterocycles. The van der Waals surface area contributed by atoms with Crippen LogP contribution in [0.2, 0.25) is 0 Å². The molecular weight excluding hydrogens is 586 g/mol. The molecule has 1 amide bonds. The number of fused-ring (bicyclic) bond motifs is 1. The number of para-hydroxylation sites is 2. The summed E-state index contributed by atoms with van der Waals surface area (Å²) in [6.07, 6.45) is 9.10. The first-order valence-electron chi connectivity index (χ1n) is 16.3. The van der Waals surface area contributed by atoms with E-state index in [4.69, 9.17) is 9.47 Å². The van der Waals surface area contributed by atoms with Crippen molar-refractivity contribution in [3.8, 4) is 5.75 Å². The van der Waals surface area contributed by atoms with Gasteiger partial charge in [-0.2, -0.15) is 0 Å². The van der Waals surface area contributed by atoms with E-state index in [-0.39, 0.29) is 24.2 Å². The third kappa shape index (κ3) is 6.37. The first-order valence-corrected chi connectivity index (χ1v) is 18.2. The summed E-state index contributed by atoms with van der Waals surface area (Å²) in [5, 5.41) is 3.56. The molecule has 0 aromatic heterocycles. The number of carbonyl (C=O) groups excluding carboxylic acids is 1. The minimum atomic E-state index is -3.48. The van der Waals surface area contributed by atoms with Crippen LogP contribution in [0.15, 0.2) is 60.7 Å². The zero-order valence-corrected chi connectivity index (χ0v) is 27.4. The first-order chi connectivity index (χ1) is 21.7. The minimum Gasteiger partial charge on any atom is -0.491 e. The number of amides is 1. The Morgan fingerprint density at radius 2 is 1.80 bits per heavy atom. The van der Waals surface area contributed by atoms with Crippen LogP contribution in [-0.2, 0) is 33.2 Å². The maximum Gasteiger partial charge on any atom is 0.410 e. The van der Waals surface area contributed by atoms with Gasteiger partial charge in [0.1, 0.15) is 12.4 Å². The minimum absolute atomic E-state index is 0.00534. The van der Waals surface area contributed by atoms with Crippen LogP contribution >= 0.6 is 0 Å². The van der Waals surface area contributed by atoms with E-state index in [1.807, 2.05) is 53.4 Å². The largest absolute Gasteiger partial charge is 0.491 e. The van der Waals surface area contributed by atoms with Crippen molar-refractivity contribution < 1.29 is 22.7 Å². The van der Waals surface area contributed by atoms with Crippen LogP contribution in [0.4, 0.5) is 21.9 Å². The van der Waals surface area contributed by atoms with Crippen molar-refractivity contribution in [1.82, 2.24) is 4.90 Å². The molecule has 1 saturated heterocycles.